The Kier molecular flexibility index (Phi) is 4.60. The van der Waals surface area contributed by atoms with Gasteiger partial charge in [0.2, 0.25) is 11.9 Å². The average Bonchev–Trinajstić information content (AvgIpc) is 2.55. The van der Waals surface area contributed by atoms with E-state index in [2.05, 4.69) is 15.3 Å². The molecule has 1 aromatic heterocycles. The second-order valence-corrected chi connectivity index (χ2v) is 5.59. The summed E-state index contributed by atoms with van der Waals surface area (Å²) >= 11 is 0. The molecule has 1 unspecified atom stereocenters. The Morgan fingerprint density at radius 2 is 1.92 bits per heavy atom. The summed E-state index contributed by atoms with van der Waals surface area (Å²) in [5.74, 6) is 0.713. The first kappa shape index (κ1) is 16.8. The van der Waals surface area contributed by atoms with Crippen molar-refractivity contribution in [1.82, 2.24) is 9.97 Å². The number of nitrogens with zero attached hydrogens (tertiary/aromatic N) is 1. The number of hydrogen-bond acceptors (Lipinski definition) is 6. The number of H-pyrrole nitrogens is 1. The lowest BCUT2D eigenvalue weighted by Gasteiger charge is -2.25. The van der Waals surface area contributed by atoms with Gasteiger partial charge in [-0.15, -0.1) is 0 Å². The van der Waals surface area contributed by atoms with E-state index in [1.165, 1.54) is 0 Å². The summed E-state index contributed by atoms with van der Waals surface area (Å²) in [5, 5.41) is 2.61. The minimum Gasteiger partial charge on any atom is -0.490 e. The summed E-state index contributed by atoms with van der Waals surface area (Å²) < 4.78 is 11.2. The number of ether oxygens (including phenoxy) is 2. The summed E-state index contributed by atoms with van der Waals surface area (Å²) in [6.07, 6.45) is 0.140. The molecule has 0 saturated carbocycles. The number of carbonyl (C=O) groups excluding carboxylic acids is 1. The lowest BCUT2D eigenvalue weighted by Crippen LogP contribution is -2.31. The molecule has 0 saturated heterocycles. The van der Waals surface area contributed by atoms with Crippen LogP contribution >= 0.6 is 0 Å². The van der Waals surface area contributed by atoms with Crippen molar-refractivity contribution in [2.75, 3.05) is 24.3 Å². The highest BCUT2D eigenvalue weighted by Gasteiger charge is 2.31. The molecule has 4 N–H and O–H groups in total. The highest BCUT2D eigenvalue weighted by atomic mass is 16.5. The van der Waals surface area contributed by atoms with Crippen molar-refractivity contribution in [3.05, 3.63) is 39.7 Å². The zero-order chi connectivity index (χ0) is 18.0. The maximum atomic E-state index is 12.4. The number of aromatic amines is 1. The smallest absolute Gasteiger partial charge is 0.258 e. The van der Waals surface area contributed by atoms with Crippen molar-refractivity contribution in [2.45, 2.75) is 26.2 Å². The molecule has 132 valence electrons. The fraction of sp³-hybridized carbons (Fsp3) is 0.353. The standard InChI is InChI=1S/C17H20N4O4/c1-3-24-11-6-5-9(7-12(11)25-4-2)10-8-13(22)19-15-14(10)16(23)21-17(18)20-15/h5-7,10H,3-4,8H2,1-2H3,(H4,18,19,20,21,22,23). The van der Waals surface area contributed by atoms with Gasteiger partial charge in [-0.25, -0.2) is 0 Å². The Labute approximate surface area is 144 Å². The third-order valence-electron chi connectivity index (χ3n) is 3.94. The largest absolute Gasteiger partial charge is 0.490 e. The van der Waals surface area contributed by atoms with E-state index in [1.807, 2.05) is 19.9 Å². The van der Waals surface area contributed by atoms with Crippen LogP contribution in [0.15, 0.2) is 23.0 Å². The molecule has 1 aliphatic rings. The van der Waals surface area contributed by atoms with Gasteiger partial charge in [-0.3, -0.25) is 14.6 Å². The third-order valence-corrected chi connectivity index (χ3v) is 3.94. The van der Waals surface area contributed by atoms with E-state index in [1.54, 1.807) is 12.1 Å². The zero-order valence-corrected chi connectivity index (χ0v) is 14.1. The highest BCUT2D eigenvalue weighted by Crippen LogP contribution is 2.38. The summed E-state index contributed by atoms with van der Waals surface area (Å²) in [5.41, 5.74) is 6.38. The lowest BCUT2D eigenvalue weighted by atomic mass is 9.86. The molecule has 0 radical (unpaired) electrons. The fourth-order valence-electron chi connectivity index (χ4n) is 2.96. The molecule has 25 heavy (non-hydrogen) atoms. The van der Waals surface area contributed by atoms with Crippen LogP contribution in [-0.4, -0.2) is 29.1 Å². The Morgan fingerprint density at radius 1 is 1.20 bits per heavy atom. The predicted molar refractivity (Wildman–Crippen MR) is 93.1 cm³/mol. The summed E-state index contributed by atoms with van der Waals surface area (Å²) in [6, 6.07) is 5.42. The maximum absolute atomic E-state index is 12.4. The molecule has 0 fully saturated rings. The second kappa shape index (κ2) is 6.84. The van der Waals surface area contributed by atoms with Crippen molar-refractivity contribution in [2.24, 2.45) is 0 Å². The maximum Gasteiger partial charge on any atom is 0.258 e. The molecule has 2 aromatic rings. The average molecular weight is 344 g/mol. The van der Waals surface area contributed by atoms with Crippen molar-refractivity contribution in [3.8, 4) is 11.5 Å². The fourth-order valence-corrected chi connectivity index (χ4v) is 2.96. The first-order valence-electron chi connectivity index (χ1n) is 8.12. The van der Waals surface area contributed by atoms with Gasteiger partial charge in [0.1, 0.15) is 5.82 Å². The molecule has 1 amide bonds. The number of nitrogens with two attached hydrogens (primary N) is 1. The molecular weight excluding hydrogens is 324 g/mol. The number of nitrogens with one attached hydrogen (secondary N) is 2. The molecular formula is C17H20N4O4. The monoisotopic (exact) mass is 344 g/mol. The molecule has 2 heterocycles. The summed E-state index contributed by atoms with van der Waals surface area (Å²) in [4.78, 5) is 31.0. The summed E-state index contributed by atoms with van der Waals surface area (Å²) in [7, 11) is 0. The number of rotatable bonds is 5. The van der Waals surface area contributed by atoms with Crippen molar-refractivity contribution in [3.63, 3.8) is 0 Å². The van der Waals surface area contributed by atoms with Crippen LogP contribution in [0.5, 0.6) is 11.5 Å². The zero-order valence-electron chi connectivity index (χ0n) is 14.1. The van der Waals surface area contributed by atoms with Crippen LogP contribution in [0.3, 0.4) is 0 Å². The SMILES string of the molecule is CCOc1ccc(C2CC(=O)Nc3nc(N)[nH]c(=O)c32)cc1OCC. The first-order valence-corrected chi connectivity index (χ1v) is 8.12. The normalized spacial score (nSPS) is 16.1. The van der Waals surface area contributed by atoms with Gasteiger partial charge in [0.05, 0.1) is 18.8 Å². The number of amides is 1. The molecule has 3 rings (SSSR count). The van der Waals surface area contributed by atoms with E-state index in [9.17, 15) is 9.59 Å². The van der Waals surface area contributed by atoms with Crippen LogP contribution in [0.25, 0.3) is 0 Å². The molecule has 0 spiro atoms. The van der Waals surface area contributed by atoms with Gasteiger partial charge in [-0.05, 0) is 31.5 Å². The van der Waals surface area contributed by atoms with E-state index in [0.29, 0.717) is 30.3 Å². The molecule has 1 aromatic carbocycles. The molecule has 8 heteroatoms. The molecule has 1 atom stereocenters. The summed E-state index contributed by atoms with van der Waals surface area (Å²) in [6.45, 7) is 4.75. The highest BCUT2D eigenvalue weighted by molar-refractivity contribution is 5.94. The molecule has 8 nitrogen and oxygen atoms in total. The van der Waals surface area contributed by atoms with Gasteiger partial charge in [-0.2, -0.15) is 4.98 Å². The Balaban J connectivity index is 2.09. The van der Waals surface area contributed by atoms with Crippen LogP contribution in [0.4, 0.5) is 11.8 Å². The van der Waals surface area contributed by atoms with Gasteiger partial charge in [0.15, 0.2) is 11.5 Å². The number of carbonyl (C=O) groups is 1. The number of nitrogen functional groups attached to an aromatic ring is 1. The van der Waals surface area contributed by atoms with Gasteiger partial charge in [-0.1, -0.05) is 6.07 Å². The van der Waals surface area contributed by atoms with Crippen molar-refractivity contribution in [1.29, 1.82) is 0 Å². The molecule has 1 aliphatic heterocycles. The van der Waals surface area contributed by atoms with E-state index in [0.717, 1.165) is 5.56 Å². The number of anilines is 2. The van der Waals surface area contributed by atoms with Crippen molar-refractivity contribution >= 4 is 17.7 Å². The van der Waals surface area contributed by atoms with Crippen LogP contribution in [0.1, 0.15) is 37.3 Å². The number of benzene rings is 1. The minimum absolute atomic E-state index is 0.0357. The predicted octanol–water partition coefficient (Wildman–Crippen LogP) is 1.62. The van der Waals surface area contributed by atoms with Gasteiger partial charge >= 0.3 is 0 Å². The number of fused-ring (bicyclic) bond motifs is 1. The van der Waals surface area contributed by atoms with E-state index in [-0.39, 0.29) is 29.7 Å². The first-order chi connectivity index (χ1) is 12.0. The number of hydrogen-bond donors (Lipinski definition) is 3. The Bertz CT molecular complexity index is 862. The van der Waals surface area contributed by atoms with Crippen molar-refractivity contribution < 1.29 is 14.3 Å². The number of aromatic nitrogens is 2. The van der Waals surface area contributed by atoms with E-state index in [4.69, 9.17) is 15.2 Å². The van der Waals surface area contributed by atoms with Crippen LogP contribution in [0.2, 0.25) is 0 Å². The second-order valence-electron chi connectivity index (χ2n) is 5.59. The quantitative estimate of drug-likeness (QED) is 0.758. The van der Waals surface area contributed by atoms with Gasteiger partial charge < -0.3 is 20.5 Å². The van der Waals surface area contributed by atoms with Crippen LogP contribution in [0, 0.1) is 0 Å². The molecule has 0 bridgehead atoms. The Hall–Kier alpha value is -3.03. The third kappa shape index (κ3) is 3.28. The Morgan fingerprint density at radius 3 is 2.64 bits per heavy atom. The van der Waals surface area contributed by atoms with Crippen LogP contribution in [-0.2, 0) is 4.79 Å². The van der Waals surface area contributed by atoms with Gasteiger partial charge in [0.25, 0.3) is 5.56 Å². The van der Waals surface area contributed by atoms with E-state index >= 15 is 0 Å². The lowest BCUT2D eigenvalue weighted by molar-refractivity contribution is -0.116. The van der Waals surface area contributed by atoms with Gasteiger partial charge in [0, 0.05) is 12.3 Å². The van der Waals surface area contributed by atoms with E-state index < -0.39 is 5.92 Å². The topological polar surface area (TPSA) is 119 Å². The minimum atomic E-state index is -0.435. The van der Waals surface area contributed by atoms with Crippen LogP contribution < -0.4 is 26.1 Å². The molecule has 0 aliphatic carbocycles.